The third-order valence-corrected chi connectivity index (χ3v) is 4.35. The lowest BCUT2D eigenvalue weighted by atomic mass is 9.90. The van der Waals surface area contributed by atoms with Crippen molar-refractivity contribution in [3.8, 4) is 0 Å². The van der Waals surface area contributed by atoms with E-state index in [4.69, 9.17) is 10.5 Å². The first kappa shape index (κ1) is 14.8. The largest absolute Gasteiger partial charge is 0.416 e. The molecule has 2 unspecified atom stereocenters. The summed E-state index contributed by atoms with van der Waals surface area (Å²) in [6, 6.07) is 6.17. The number of hydrogen-bond donors (Lipinski definition) is 1. The fourth-order valence-corrected chi connectivity index (χ4v) is 3.30. The van der Waals surface area contributed by atoms with E-state index in [1.54, 1.807) is 12.1 Å². The summed E-state index contributed by atoms with van der Waals surface area (Å²) < 4.78 is 43.3. The van der Waals surface area contributed by atoms with Crippen LogP contribution < -0.4 is 5.73 Å². The molecule has 2 saturated heterocycles. The Kier molecular flexibility index (Phi) is 3.94. The molecule has 1 aromatic rings. The molecule has 116 valence electrons. The molecule has 3 rings (SSSR count). The van der Waals surface area contributed by atoms with Crippen LogP contribution in [0.5, 0.6) is 0 Å². The van der Waals surface area contributed by atoms with E-state index in [1.807, 2.05) is 0 Å². The summed E-state index contributed by atoms with van der Waals surface area (Å²) in [4.78, 5) is 2.33. The number of hydrogen-bond acceptors (Lipinski definition) is 3. The zero-order valence-corrected chi connectivity index (χ0v) is 11.6. The fourth-order valence-electron chi connectivity index (χ4n) is 3.30. The molecule has 2 atom stereocenters. The van der Waals surface area contributed by atoms with Crippen molar-refractivity contribution < 1.29 is 17.9 Å². The molecule has 1 aromatic carbocycles. The van der Waals surface area contributed by atoms with Crippen LogP contribution in [0.25, 0.3) is 0 Å². The maximum Gasteiger partial charge on any atom is 0.416 e. The van der Waals surface area contributed by atoms with E-state index < -0.39 is 11.7 Å². The average molecular weight is 300 g/mol. The predicted molar refractivity (Wildman–Crippen MR) is 72.6 cm³/mol. The van der Waals surface area contributed by atoms with Crippen LogP contribution in [0.1, 0.15) is 24.0 Å². The highest BCUT2D eigenvalue weighted by Gasteiger charge is 2.37. The summed E-state index contributed by atoms with van der Waals surface area (Å²) in [5, 5.41) is 0. The Labute approximate surface area is 121 Å². The zero-order chi connectivity index (χ0) is 15.0. The number of morpholine rings is 1. The van der Waals surface area contributed by atoms with E-state index in [-0.39, 0.29) is 18.1 Å². The van der Waals surface area contributed by atoms with Gasteiger partial charge in [0.25, 0.3) is 0 Å². The first-order chi connectivity index (χ1) is 9.93. The SMILES string of the molecule is NC1CC2COCC(C1)N2Cc1ccc(C(F)(F)F)cc1. The molecule has 0 radical (unpaired) electrons. The van der Waals surface area contributed by atoms with E-state index in [0.717, 1.165) is 30.5 Å². The molecule has 2 heterocycles. The molecule has 21 heavy (non-hydrogen) atoms. The van der Waals surface area contributed by atoms with Gasteiger partial charge in [0.1, 0.15) is 0 Å². The van der Waals surface area contributed by atoms with E-state index in [0.29, 0.717) is 19.8 Å². The Morgan fingerprint density at radius 2 is 1.67 bits per heavy atom. The number of ether oxygens (including phenoxy) is 1. The van der Waals surface area contributed by atoms with Crippen LogP contribution in [0.3, 0.4) is 0 Å². The van der Waals surface area contributed by atoms with Gasteiger partial charge in [-0.25, -0.2) is 0 Å². The summed E-state index contributed by atoms with van der Waals surface area (Å²) in [6.45, 7) is 1.97. The van der Waals surface area contributed by atoms with Gasteiger partial charge in [-0.05, 0) is 30.5 Å². The molecule has 3 nitrogen and oxygen atoms in total. The summed E-state index contributed by atoms with van der Waals surface area (Å²) in [7, 11) is 0. The number of alkyl halides is 3. The van der Waals surface area contributed by atoms with Crippen LogP contribution in [0.2, 0.25) is 0 Å². The third kappa shape index (κ3) is 3.22. The summed E-state index contributed by atoms with van der Waals surface area (Å²) in [5.41, 5.74) is 6.34. The number of piperidine rings is 1. The number of nitrogens with two attached hydrogens (primary N) is 1. The molecule has 0 amide bonds. The number of fused-ring (bicyclic) bond motifs is 2. The quantitative estimate of drug-likeness (QED) is 0.911. The van der Waals surface area contributed by atoms with Gasteiger partial charge in [0.15, 0.2) is 0 Å². The minimum absolute atomic E-state index is 0.202. The monoisotopic (exact) mass is 300 g/mol. The van der Waals surface area contributed by atoms with Crippen molar-refractivity contribution in [2.75, 3.05) is 13.2 Å². The Bertz CT molecular complexity index is 475. The summed E-state index contributed by atoms with van der Waals surface area (Å²) in [5.74, 6) is 0. The minimum atomic E-state index is -4.28. The van der Waals surface area contributed by atoms with Crippen LogP contribution in [0, 0.1) is 0 Å². The molecule has 2 bridgehead atoms. The van der Waals surface area contributed by atoms with Crippen molar-refractivity contribution in [1.29, 1.82) is 0 Å². The van der Waals surface area contributed by atoms with Crippen LogP contribution in [0.15, 0.2) is 24.3 Å². The van der Waals surface area contributed by atoms with Crippen molar-refractivity contribution in [3.63, 3.8) is 0 Å². The van der Waals surface area contributed by atoms with Crippen molar-refractivity contribution in [1.82, 2.24) is 4.90 Å². The molecule has 2 N–H and O–H groups in total. The van der Waals surface area contributed by atoms with E-state index in [2.05, 4.69) is 4.90 Å². The smallest absolute Gasteiger partial charge is 0.378 e. The Morgan fingerprint density at radius 3 is 2.19 bits per heavy atom. The molecular weight excluding hydrogens is 281 g/mol. The second-order valence-electron chi connectivity index (χ2n) is 5.94. The lowest BCUT2D eigenvalue weighted by molar-refractivity contribution is -0.137. The third-order valence-electron chi connectivity index (χ3n) is 4.35. The van der Waals surface area contributed by atoms with Gasteiger partial charge in [0.2, 0.25) is 0 Å². The number of rotatable bonds is 2. The molecule has 0 saturated carbocycles. The Morgan fingerprint density at radius 1 is 1.10 bits per heavy atom. The number of benzene rings is 1. The van der Waals surface area contributed by atoms with E-state index in [1.165, 1.54) is 0 Å². The van der Waals surface area contributed by atoms with Crippen molar-refractivity contribution in [2.45, 2.75) is 43.7 Å². The molecule has 2 fully saturated rings. The Balaban J connectivity index is 1.71. The molecule has 2 aliphatic rings. The highest BCUT2D eigenvalue weighted by atomic mass is 19.4. The van der Waals surface area contributed by atoms with Gasteiger partial charge in [-0.1, -0.05) is 12.1 Å². The lowest BCUT2D eigenvalue weighted by Gasteiger charge is -2.47. The summed E-state index contributed by atoms with van der Waals surface area (Å²) in [6.07, 6.45) is -2.50. The van der Waals surface area contributed by atoms with Crippen LogP contribution >= 0.6 is 0 Å². The minimum Gasteiger partial charge on any atom is -0.378 e. The van der Waals surface area contributed by atoms with Crippen LogP contribution in [-0.4, -0.2) is 36.2 Å². The van der Waals surface area contributed by atoms with Crippen molar-refractivity contribution in [3.05, 3.63) is 35.4 Å². The highest BCUT2D eigenvalue weighted by molar-refractivity contribution is 5.24. The van der Waals surface area contributed by atoms with Gasteiger partial charge in [-0.3, -0.25) is 4.90 Å². The molecule has 0 spiro atoms. The van der Waals surface area contributed by atoms with E-state index in [9.17, 15) is 13.2 Å². The fraction of sp³-hybridized carbons (Fsp3) is 0.600. The van der Waals surface area contributed by atoms with Gasteiger partial charge in [0, 0.05) is 24.7 Å². The van der Waals surface area contributed by atoms with Gasteiger partial charge in [0.05, 0.1) is 18.8 Å². The maximum atomic E-state index is 12.6. The lowest BCUT2D eigenvalue weighted by Crippen LogP contribution is -2.58. The maximum absolute atomic E-state index is 12.6. The first-order valence-electron chi connectivity index (χ1n) is 7.18. The van der Waals surface area contributed by atoms with Gasteiger partial charge >= 0.3 is 6.18 Å². The van der Waals surface area contributed by atoms with Crippen molar-refractivity contribution in [2.24, 2.45) is 5.73 Å². The van der Waals surface area contributed by atoms with Crippen LogP contribution in [0.4, 0.5) is 13.2 Å². The molecule has 6 heteroatoms. The van der Waals surface area contributed by atoms with Gasteiger partial charge in [-0.2, -0.15) is 13.2 Å². The normalized spacial score (nSPS) is 30.4. The molecule has 0 aromatic heterocycles. The van der Waals surface area contributed by atoms with Gasteiger partial charge < -0.3 is 10.5 Å². The molecule has 0 aliphatic carbocycles. The second kappa shape index (κ2) is 5.59. The molecule has 2 aliphatic heterocycles. The highest BCUT2D eigenvalue weighted by Crippen LogP contribution is 2.31. The number of nitrogens with zero attached hydrogens (tertiary/aromatic N) is 1. The van der Waals surface area contributed by atoms with Gasteiger partial charge in [-0.15, -0.1) is 0 Å². The standard InChI is InChI=1S/C15H19F3N2O/c16-15(17,18)11-3-1-10(2-4-11)7-20-13-5-12(19)6-14(20)9-21-8-13/h1-4,12-14H,5-9,19H2. The predicted octanol–water partition coefficient (Wildman–Crippen LogP) is 2.40. The van der Waals surface area contributed by atoms with Crippen molar-refractivity contribution >= 4 is 0 Å². The zero-order valence-electron chi connectivity index (χ0n) is 11.6. The first-order valence-corrected chi connectivity index (χ1v) is 7.18. The number of halogens is 3. The van der Waals surface area contributed by atoms with Crippen LogP contribution in [-0.2, 0) is 17.5 Å². The molecular formula is C15H19F3N2O. The summed E-state index contributed by atoms with van der Waals surface area (Å²) >= 11 is 0. The topological polar surface area (TPSA) is 38.5 Å². The van der Waals surface area contributed by atoms with E-state index >= 15 is 0 Å². The average Bonchev–Trinajstić information content (AvgIpc) is 2.39. The Hall–Kier alpha value is -1.11. The second-order valence-corrected chi connectivity index (χ2v) is 5.94.